The molecule has 5 heteroatoms. The van der Waals surface area contributed by atoms with Gasteiger partial charge in [-0.1, -0.05) is 17.7 Å². The van der Waals surface area contributed by atoms with Gasteiger partial charge >= 0.3 is 0 Å². The molecule has 0 aliphatic carbocycles. The first-order valence-corrected chi connectivity index (χ1v) is 6.36. The zero-order chi connectivity index (χ0) is 12.4. The maximum atomic E-state index is 12.9. The van der Waals surface area contributed by atoms with Crippen LogP contribution in [0.4, 0.5) is 4.39 Å². The molecule has 18 heavy (non-hydrogen) atoms. The predicted molar refractivity (Wildman–Crippen MR) is 75.7 cm³/mol. The van der Waals surface area contributed by atoms with Crippen molar-refractivity contribution in [3.05, 3.63) is 34.6 Å². The summed E-state index contributed by atoms with van der Waals surface area (Å²) in [5, 5.41) is 0.508. The topological polar surface area (TPSA) is 29.3 Å². The standard InChI is InChI=1S/C13H18ClFN2.ClH/c1-9-4-10(6-16)7-17(9)8-11-2-3-12(15)5-13(11)14;/h2-3,5,9-10H,4,6-8,16H2,1H3;1H. The Morgan fingerprint density at radius 3 is 2.78 bits per heavy atom. The Kier molecular flexibility index (Phi) is 5.86. The molecule has 1 saturated heterocycles. The first-order valence-electron chi connectivity index (χ1n) is 5.98. The van der Waals surface area contributed by atoms with Crippen molar-refractivity contribution in [2.24, 2.45) is 11.7 Å². The largest absolute Gasteiger partial charge is 0.330 e. The van der Waals surface area contributed by atoms with Gasteiger partial charge in [0.05, 0.1) is 0 Å². The smallest absolute Gasteiger partial charge is 0.124 e. The maximum absolute atomic E-state index is 12.9. The number of halogens is 3. The highest BCUT2D eigenvalue weighted by Crippen LogP contribution is 2.26. The molecule has 2 nitrogen and oxygen atoms in total. The molecule has 2 rings (SSSR count). The van der Waals surface area contributed by atoms with Gasteiger partial charge in [0, 0.05) is 24.2 Å². The van der Waals surface area contributed by atoms with Crippen LogP contribution in [0.2, 0.25) is 5.02 Å². The lowest BCUT2D eigenvalue weighted by Crippen LogP contribution is -2.27. The van der Waals surface area contributed by atoms with Crippen LogP contribution in [0.25, 0.3) is 0 Å². The van der Waals surface area contributed by atoms with Gasteiger partial charge in [0.1, 0.15) is 5.82 Å². The Morgan fingerprint density at radius 2 is 2.22 bits per heavy atom. The number of nitrogens with zero attached hydrogens (tertiary/aromatic N) is 1. The Hall–Kier alpha value is -0.350. The summed E-state index contributed by atoms with van der Waals surface area (Å²) < 4.78 is 12.9. The summed E-state index contributed by atoms with van der Waals surface area (Å²) in [5.74, 6) is 0.289. The molecule has 1 aromatic carbocycles. The minimum absolute atomic E-state index is 0. The molecule has 2 N–H and O–H groups in total. The van der Waals surface area contributed by atoms with Crippen molar-refractivity contribution in [1.29, 1.82) is 0 Å². The monoisotopic (exact) mass is 292 g/mol. The lowest BCUT2D eigenvalue weighted by molar-refractivity contribution is 0.256. The molecule has 0 aromatic heterocycles. The molecule has 1 heterocycles. The van der Waals surface area contributed by atoms with E-state index in [4.69, 9.17) is 17.3 Å². The van der Waals surface area contributed by atoms with Gasteiger partial charge in [-0.3, -0.25) is 4.90 Å². The zero-order valence-corrected chi connectivity index (χ0v) is 12.0. The molecule has 1 fully saturated rings. The van der Waals surface area contributed by atoms with Crippen LogP contribution in [0, 0.1) is 11.7 Å². The van der Waals surface area contributed by atoms with Crippen LogP contribution in [-0.4, -0.2) is 24.0 Å². The predicted octanol–water partition coefficient (Wildman–Crippen LogP) is 3.07. The maximum Gasteiger partial charge on any atom is 0.124 e. The molecular formula is C13H19Cl2FN2. The Balaban J connectivity index is 0.00000162. The molecule has 2 atom stereocenters. The van der Waals surface area contributed by atoms with E-state index in [1.807, 2.05) is 0 Å². The van der Waals surface area contributed by atoms with Crippen LogP contribution >= 0.6 is 24.0 Å². The van der Waals surface area contributed by atoms with Gasteiger partial charge in [0.2, 0.25) is 0 Å². The third kappa shape index (κ3) is 3.58. The van der Waals surface area contributed by atoms with Crippen LogP contribution < -0.4 is 5.73 Å². The molecule has 0 radical (unpaired) electrons. The number of nitrogens with two attached hydrogens (primary N) is 1. The fourth-order valence-corrected chi connectivity index (χ4v) is 2.70. The van der Waals surface area contributed by atoms with Gasteiger partial charge in [0.15, 0.2) is 0 Å². The number of rotatable bonds is 3. The molecule has 0 spiro atoms. The van der Waals surface area contributed by atoms with Crippen LogP contribution in [0.3, 0.4) is 0 Å². The van der Waals surface area contributed by atoms with E-state index in [1.54, 1.807) is 6.07 Å². The molecule has 0 saturated carbocycles. The SMILES string of the molecule is CC1CC(CN)CN1Cc1ccc(F)cc1Cl.Cl. The Bertz CT molecular complexity index is 401. The number of benzene rings is 1. The van der Waals surface area contributed by atoms with E-state index in [1.165, 1.54) is 12.1 Å². The van der Waals surface area contributed by atoms with E-state index in [0.717, 1.165) is 31.6 Å². The first kappa shape index (κ1) is 15.7. The van der Waals surface area contributed by atoms with E-state index in [0.29, 0.717) is 17.0 Å². The number of likely N-dealkylation sites (tertiary alicyclic amines) is 1. The Morgan fingerprint density at radius 1 is 1.50 bits per heavy atom. The third-order valence-corrected chi connectivity index (χ3v) is 3.86. The summed E-state index contributed by atoms with van der Waals surface area (Å²) in [6.45, 7) is 4.72. The van der Waals surface area contributed by atoms with Gasteiger partial charge in [-0.05, 0) is 43.5 Å². The average molecular weight is 293 g/mol. The molecular weight excluding hydrogens is 274 g/mol. The minimum atomic E-state index is -0.284. The molecule has 102 valence electrons. The van der Waals surface area contributed by atoms with Gasteiger partial charge in [-0.15, -0.1) is 12.4 Å². The van der Waals surface area contributed by atoms with Crippen molar-refractivity contribution in [3.8, 4) is 0 Å². The van der Waals surface area contributed by atoms with Crippen LogP contribution in [-0.2, 0) is 6.54 Å². The van der Waals surface area contributed by atoms with Crippen molar-refractivity contribution in [2.75, 3.05) is 13.1 Å². The highest BCUT2D eigenvalue weighted by molar-refractivity contribution is 6.31. The molecule has 1 aliphatic rings. The number of hydrogen-bond acceptors (Lipinski definition) is 2. The van der Waals surface area contributed by atoms with Crippen molar-refractivity contribution in [3.63, 3.8) is 0 Å². The van der Waals surface area contributed by atoms with Gasteiger partial charge in [-0.25, -0.2) is 4.39 Å². The lowest BCUT2D eigenvalue weighted by atomic mass is 10.1. The van der Waals surface area contributed by atoms with Gasteiger partial charge < -0.3 is 5.73 Å². The van der Waals surface area contributed by atoms with E-state index in [9.17, 15) is 4.39 Å². The van der Waals surface area contributed by atoms with Crippen molar-refractivity contribution in [2.45, 2.75) is 25.9 Å². The van der Waals surface area contributed by atoms with Crippen molar-refractivity contribution >= 4 is 24.0 Å². The summed E-state index contributed by atoms with van der Waals surface area (Å²) >= 11 is 6.03. The highest BCUT2D eigenvalue weighted by Gasteiger charge is 2.28. The molecule has 2 unspecified atom stereocenters. The van der Waals surface area contributed by atoms with Gasteiger partial charge in [0.25, 0.3) is 0 Å². The van der Waals surface area contributed by atoms with E-state index in [2.05, 4.69) is 11.8 Å². The fourth-order valence-electron chi connectivity index (χ4n) is 2.48. The van der Waals surface area contributed by atoms with Crippen LogP contribution in [0.15, 0.2) is 18.2 Å². The fraction of sp³-hybridized carbons (Fsp3) is 0.538. The lowest BCUT2D eigenvalue weighted by Gasteiger charge is -2.21. The Labute approximate surface area is 119 Å². The average Bonchev–Trinajstić information content (AvgIpc) is 2.64. The van der Waals surface area contributed by atoms with Crippen molar-refractivity contribution < 1.29 is 4.39 Å². The second-order valence-corrected chi connectivity index (χ2v) is 5.26. The molecule has 0 amide bonds. The third-order valence-electron chi connectivity index (χ3n) is 3.51. The highest BCUT2D eigenvalue weighted by atomic mass is 35.5. The minimum Gasteiger partial charge on any atom is -0.330 e. The summed E-state index contributed by atoms with van der Waals surface area (Å²) in [6.07, 6.45) is 1.13. The zero-order valence-electron chi connectivity index (χ0n) is 10.4. The van der Waals surface area contributed by atoms with E-state index in [-0.39, 0.29) is 18.2 Å². The van der Waals surface area contributed by atoms with Crippen LogP contribution in [0.5, 0.6) is 0 Å². The summed E-state index contributed by atoms with van der Waals surface area (Å²) in [5.41, 5.74) is 6.68. The van der Waals surface area contributed by atoms with Gasteiger partial charge in [-0.2, -0.15) is 0 Å². The summed E-state index contributed by atoms with van der Waals surface area (Å²) in [7, 11) is 0. The summed E-state index contributed by atoms with van der Waals surface area (Å²) in [4.78, 5) is 2.36. The molecule has 0 bridgehead atoms. The quantitative estimate of drug-likeness (QED) is 0.928. The normalized spacial score (nSPS) is 24.0. The van der Waals surface area contributed by atoms with Crippen LogP contribution in [0.1, 0.15) is 18.9 Å². The van der Waals surface area contributed by atoms with E-state index >= 15 is 0 Å². The summed E-state index contributed by atoms with van der Waals surface area (Å²) in [6, 6.07) is 5.12. The molecule has 1 aliphatic heterocycles. The van der Waals surface area contributed by atoms with E-state index < -0.39 is 0 Å². The first-order chi connectivity index (χ1) is 8.10. The second kappa shape index (κ2) is 6.71. The molecule has 1 aromatic rings. The number of hydrogen-bond donors (Lipinski definition) is 1. The van der Waals surface area contributed by atoms with Crippen molar-refractivity contribution in [1.82, 2.24) is 4.90 Å². The second-order valence-electron chi connectivity index (χ2n) is 4.85.